The van der Waals surface area contributed by atoms with E-state index in [1.807, 2.05) is 19.0 Å². The molecule has 0 unspecified atom stereocenters. The van der Waals surface area contributed by atoms with Gasteiger partial charge in [0, 0.05) is 38.0 Å². The highest BCUT2D eigenvalue weighted by Crippen LogP contribution is 2.25. The zero-order chi connectivity index (χ0) is 16.3. The van der Waals surface area contributed by atoms with Gasteiger partial charge in [-0.25, -0.2) is 0 Å². The average molecular weight is 320 g/mol. The molecule has 2 aromatic rings. The maximum absolute atomic E-state index is 12.2. The Kier molecular flexibility index (Phi) is 4.62. The van der Waals surface area contributed by atoms with Crippen LogP contribution in [0.4, 0.5) is 17.1 Å². The standard InChI is InChI=1S/C15H14ClN3O3/c1-17(2)11-6-8-12(9-7-11)18(20)10-13-14(16)4-3-5-15(13)19(21)22/h3-10H,1-2H3. The molecule has 22 heavy (non-hydrogen) atoms. The average Bonchev–Trinajstić information content (AvgIpc) is 2.49. The monoisotopic (exact) mass is 319 g/mol. The molecule has 0 aliphatic carbocycles. The van der Waals surface area contributed by atoms with Crippen LogP contribution in [-0.4, -0.2) is 30.0 Å². The number of hydrogen-bond acceptors (Lipinski definition) is 4. The third-order valence-corrected chi connectivity index (χ3v) is 3.42. The number of hydrogen-bond donors (Lipinski definition) is 0. The van der Waals surface area contributed by atoms with Crippen molar-refractivity contribution in [3.05, 3.63) is 68.4 Å². The van der Waals surface area contributed by atoms with E-state index in [4.69, 9.17) is 11.6 Å². The molecule has 114 valence electrons. The van der Waals surface area contributed by atoms with E-state index in [0.717, 1.165) is 11.9 Å². The molecule has 7 heteroatoms. The van der Waals surface area contributed by atoms with Gasteiger partial charge in [-0.1, -0.05) is 17.7 Å². The molecule has 2 rings (SSSR count). The normalized spacial score (nSPS) is 11.3. The highest BCUT2D eigenvalue weighted by atomic mass is 35.5. The summed E-state index contributed by atoms with van der Waals surface area (Å²) in [5.74, 6) is 0. The molecule has 0 bridgehead atoms. The molecule has 2 aromatic carbocycles. The number of nitro groups is 1. The molecule has 0 saturated carbocycles. The second-order valence-electron chi connectivity index (χ2n) is 4.80. The van der Waals surface area contributed by atoms with Gasteiger partial charge in [0.05, 0.1) is 9.95 Å². The van der Waals surface area contributed by atoms with Crippen LogP contribution in [0.2, 0.25) is 5.02 Å². The fraction of sp³-hybridized carbons (Fsp3) is 0.133. The minimum Gasteiger partial charge on any atom is -0.618 e. The number of benzene rings is 2. The molecular formula is C15H14ClN3O3. The highest BCUT2D eigenvalue weighted by Gasteiger charge is 2.18. The Morgan fingerprint density at radius 3 is 2.27 bits per heavy atom. The van der Waals surface area contributed by atoms with Crippen molar-refractivity contribution < 1.29 is 9.66 Å². The summed E-state index contributed by atoms with van der Waals surface area (Å²) in [7, 11) is 3.78. The third-order valence-electron chi connectivity index (χ3n) is 3.09. The predicted molar refractivity (Wildman–Crippen MR) is 87.3 cm³/mol. The molecular weight excluding hydrogens is 306 g/mol. The lowest BCUT2D eigenvalue weighted by Gasteiger charge is -2.12. The number of nitrogens with zero attached hydrogens (tertiary/aromatic N) is 3. The molecule has 0 fully saturated rings. The van der Waals surface area contributed by atoms with Gasteiger partial charge >= 0.3 is 0 Å². The third kappa shape index (κ3) is 3.35. The van der Waals surface area contributed by atoms with E-state index < -0.39 is 4.92 Å². The van der Waals surface area contributed by atoms with E-state index in [9.17, 15) is 15.3 Å². The summed E-state index contributed by atoms with van der Waals surface area (Å²) in [4.78, 5) is 12.3. The Hall–Kier alpha value is -2.60. The molecule has 0 amide bonds. The summed E-state index contributed by atoms with van der Waals surface area (Å²) < 4.78 is 0.563. The van der Waals surface area contributed by atoms with Crippen molar-refractivity contribution in [1.29, 1.82) is 0 Å². The maximum atomic E-state index is 12.2. The second-order valence-corrected chi connectivity index (χ2v) is 5.20. The van der Waals surface area contributed by atoms with Gasteiger partial charge in [-0.2, -0.15) is 4.74 Å². The largest absolute Gasteiger partial charge is 0.618 e. The van der Waals surface area contributed by atoms with Crippen LogP contribution in [0.5, 0.6) is 0 Å². The molecule has 0 atom stereocenters. The lowest BCUT2D eigenvalue weighted by atomic mass is 10.2. The van der Waals surface area contributed by atoms with E-state index in [0.29, 0.717) is 10.4 Å². The van der Waals surface area contributed by atoms with Crippen molar-refractivity contribution in [3.8, 4) is 0 Å². The van der Waals surface area contributed by atoms with Gasteiger partial charge in [-0.3, -0.25) is 10.1 Å². The van der Waals surface area contributed by atoms with E-state index in [-0.39, 0.29) is 16.3 Å². The number of nitro benzene ring substituents is 1. The first-order valence-corrected chi connectivity index (χ1v) is 6.79. The van der Waals surface area contributed by atoms with Crippen LogP contribution in [0.1, 0.15) is 5.56 Å². The van der Waals surface area contributed by atoms with Crippen molar-refractivity contribution in [2.75, 3.05) is 19.0 Å². The predicted octanol–water partition coefficient (Wildman–Crippen LogP) is 3.58. The van der Waals surface area contributed by atoms with Gasteiger partial charge in [-0.15, -0.1) is 0 Å². The first-order valence-electron chi connectivity index (χ1n) is 6.41. The summed E-state index contributed by atoms with van der Waals surface area (Å²) in [6.07, 6.45) is 1.12. The maximum Gasteiger partial charge on any atom is 0.284 e. The quantitative estimate of drug-likeness (QED) is 0.284. The Morgan fingerprint density at radius 1 is 1.09 bits per heavy atom. The van der Waals surface area contributed by atoms with Gasteiger partial charge < -0.3 is 10.1 Å². The zero-order valence-electron chi connectivity index (χ0n) is 12.1. The fourth-order valence-electron chi connectivity index (χ4n) is 1.90. The Morgan fingerprint density at radius 2 is 1.73 bits per heavy atom. The van der Waals surface area contributed by atoms with Crippen LogP contribution in [0.25, 0.3) is 0 Å². The smallest absolute Gasteiger partial charge is 0.284 e. The highest BCUT2D eigenvalue weighted by molar-refractivity contribution is 6.33. The van der Waals surface area contributed by atoms with E-state index in [2.05, 4.69) is 0 Å². The molecule has 0 aliphatic heterocycles. The van der Waals surface area contributed by atoms with Gasteiger partial charge in [0.15, 0.2) is 6.21 Å². The number of rotatable bonds is 4. The molecule has 0 aliphatic rings. The van der Waals surface area contributed by atoms with Crippen molar-refractivity contribution >= 4 is 34.9 Å². The minimum atomic E-state index is -0.569. The Labute approximate surface area is 132 Å². The van der Waals surface area contributed by atoms with Crippen LogP contribution in [-0.2, 0) is 0 Å². The van der Waals surface area contributed by atoms with Crippen LogP contribution in [0.3, 0.4) is 0 Å². The van der Waals surface area contributed by atoms with Gasteiger partial charge in [0.1, 0.15) is 5.56 Å². The van der Waals surface area contributed by atoms with Gasteiger partial charge in [0.25, 0.3) is 5.69 Å². The van der Waals surface area contributed by atoms with E-state index in [1.54, 1.807) is 24.3 Å². The Balaban J connectivity index is 2.43. The summed E-state index contributed by atoms with van der Waals surface area (Å²) in [5, 5.41) is 23.4. The summed E-state index contributed by atoms with van der Waals surface area (Å²) in [6, 6.07) is 11.1. The topological polar surface area (TPSA) is 72.5 Å². The molecule has 0 radical (unpaired) electrons. The molecule has 0 saturated heterocycles. The molecule has 6 nitrogen and oxygen atoms in total. The minimum absolute atomic E-state index is 0.0841. The first kappa shape index (κ1) is 15.8. The molecule has 0 heterocycles. The molecule has 0 N–H and O–H groups in total. The van der Waals surface area contributed by atoms with Crippen molar-refractivity contribution in [2.45, 2.75) is 0 Å². The summed E-state index contributed by atoms with van der Waals surface area (Å²) in [6.45, 7) is 0. The fourth-order valence-corrected chi connectivity index (χ4v) is 2.12. The van der Waals surface area contributed by atoms with Gasteiger partial charge in [-0.05, 0) is 18.2 Å². The van der Waals surface area contributed by atoms with Crippen molar-refractivity contribution in [1.82, 2.24) is 0 Å². The number of anilines is 1. The zero-order valence-corrected chi connectivity index (χ0v) is 12.8. The second kappa shape index (κ2) is 6.44. The van der Waals surface area contributed by atoms with Crippen LogP contribution >= 0.6 is 11.6 Å². The van der Waals surface area contributed by atoms with E-state index >= 15 is 0 Å². The van der Waals surface area contributed by atoms with Crippen LogP contribution in [0.15, 0.2) is 42.5 Å². The van der Waals surface area contributed by atoms with Gasteiger partial charge in [0.2, 0.25) is 5.69 Å². The van der Waals surface area contributed by atoms with Crippen LogP contribution in [0, 0.1) is 15.3 Å². The first-order chi connectivity index (χ1) is 10.4. The van der Waals surface area contributed by atoms with E-state index in [1.165, 1.54) is 18.2 Å². The summed E-state index contributed by atoms with van der Waals surface area (Å²) >= 11 is 5.96. The lowest BCUT2D eigenvalue weighted by molar-refractivity contribution is -0.386. The van der Waals surface area contributed by atoms with Crippen molar-refractivity contribution in [3.63, 3.8) is 0 Å². The lowest BCUT2D eigenvalue weighted by Crippen LogP contribution is -2.08. The SMILES string of the molecule is CN(C)c1ccc([N+]([O-])=Cc2c(Cl)cccc2[N+](=O)[O-])cc1. The molecule has 0 aromatic heterocycles. The number of halogens is 1. The van der Waals surface area contributed by atoms with Crippen LogP contribution < -0.4 is 4.90 Å². The van der Waals surface area contributed by atoms with Crippen molar-refractivity contribution in [2.24, 2.45) is 0 Å². The molecule has 0 spiro atoms. The Bertz CT molecular complexity index is 727. The summed E-state index contributed by atoms with van der Waals surface area (Å²) in [5.41, 5.74) is 1.18.